The number of benzene rings is 4. The van der Waals surface area contributed by atoms with Gasteiger partial charge < -0.3 is 9.80 Å². The largest absolute Gasteiger partial charge is 0.334 e. The van der Waals surface area contributed by atoms with E-state index in [1.165, 1.54) is 0 Å². The predicted octanol–water partition coefficient (Wildman–Crippen LogP) is 7.25. The molecule has 0 bridgehead atoms. The molecule has 204 valence electrons. The Morgan fingerprint density at radius 1 is 0.425 bits per heavy atom. The summed E-state index contributed by atoms with van der Waals surface area (Å²) in [5.74, 6) is 0.300. The van der Waals surface area contributed by atoms with Crippen LogP contribution in [0.15, 0.2) is 121 Å². The fraction of sp³-hybridized carbons (Fsp3) is 0.278. The average Bonchev–Trinajstić information content (AvgIpc) is 3.02. The van der Waals surface area contributed by atoms with Crippen molar-refractivity contribution < 1.29 is 9.59 Å². The first-order valence-electron chi connectivity index (χ1n) is 14.4. The van der Waals surface area contributed by atoms with E-state index in [4.69, 9.17) is 0 Å². The Morgan fingerprint density at radius 3 is 0.875 bits per heavy atom. The second-order valence-electron chi connectivity index (χ2n) is 10.9. The molecule has 2 amide bonds. The van der Waals surface area contributed by atoms with Crippen molar-refractivity contribution in [3.8, 4) is 0 Å². The summed E-state index contributed by atoms with van der Waals surface area (Å²) < 4.78 is 0. The third kappa shape index (κ3) is 7.47. The topological polar surface area (TPSA) is 40.6 Å². The molecular weight excluding hydrogens is 492 g/mol. The molecule has 5 rings (SSSR count). The normalized spacial score (nSPS) is 16.7. The number of carbonyl (C=O) groups excluding carboxylic acids is 2. The zero-order valence-corrected chi connectivity index (χ0v) is 23.1. The van der Waals surface area contributed by atoms with Crippen LogP contribution in [0.3, 0.4) is 0 Å². The van der Waals surface area contributed by atoms with Crippen LogP contribution in [0, 0.1) is 11.8 Å². The molecule has 40 heavy (non-hydrogen) atoms. The van der Waals surface area contributed by atoms with Crippen molar-refractivity contribution in [3.05, 3.63) is 144 Å². The number of nitrogens with zero attached hydrogens (tertiary/aromatic N) is 2. The van der Waals surface area contributed by atoms with Gasteiger partial charge in [0.25, 0.3) is 0 Å². The van der Waals surface area contributed by atoms with E-state index in [1.54, 1.807) is 0 Å². The molecule has 4 heteroatoms. The van der Waals surface area contributed by atoms with E-state index in [-0.39, 0.29) is 23.7 Å². The molecule has 0 aromatic heterocycles. The summed E-state index contributed by atoms with van der Waals surface area (Å²) in [6, 6.07) is 40.8. The highest BCUT2D eigenvalue weighted by Crippen LogP contribution is 2.33. The molecule has 0 atom stereocenters. The monoisotopic (exact) mass is 530 g/mol. The maximum atomic E-state index is 13.8. The Kier molecular flexibility index (Phi) is 9.41. The van der Waals surface area contributed by atoms with Crippen LogP contribution >= 0.6 is 0 Å². The molecule has 4 aromatic carbocycles. The van der Waals surface area contributed by atoms with Gasteiger partial charge in [0, 0.05) is 38.0 Å². The van der Waals surface area contributed by atoms with Gasteiger partial charge in [-0.1, -0.05) is 121 Å². The number of amides is 2. The fourth-order valence-electron chi connectivity index (χ4n) is 5.74. The highest BCUT2D eigenvalue weighted by molar-refractivity contribution is 5.81. The first-order chi connectivity index (χ1) is 19.7. The summed E-state index contributed by atoms with van der Waals surface area (Å²) in [5.41, 5.74) is 4.53. The quantitative estimate of drug-likeness (QED) is 0.217. The lowest BCUT2D eigenvalue weighted by Gasteiger charge is -2.34. The molecule has 1 saturated carbocycles. The second kappa shape index (κ2) is 13.7. The van der Waals surface area contributed by atoms with E-state index >= 15 is 0 Å². The summed E-state index contributed by atoms with van der Waals surface area (Å²) in [6.45, 7) is 2.37. The van der Waals surface area contributed by atoms with Crippen LogP contribution in [0.4, 0.5) is 0 Å². The van der Waals surface area contributed by atoms with Crippen LogP contribution in [-0.4, -0.2) is 21.6 Å². The van der Waals surface area contributed by atoms with Gasteiger partial charge in [-0.2, -0.15) is 0 Å². The molecule has 0 radical (unpaired) electrons. The van der Waals surface area contributed by atoms with Gasteiger partial charge in [-0.15, -0.1) is 0 Å². The van der Waals surface area contributed by atoms with E-state index in [0.717, 1.165) is 47.9 Å². The van der Waals surface area contributed by atoms with Crippen LogP contribution in [0.2, 0.25) is 0 Å². The third-order valence-electron chi connectivity index (χ3n) is 7.91. The van der Waals surface area contributed by atoms with Crippen LogP contribution in [0.1, 0.15) is 47.9 Å². The highest BCUT2D eigenvalue weighted by Gasteiger charge is 2.34. The Hall–Kier alpha value is -4.18. The fourth-order valence-corrected chi connectivity index (χ4v) is 5.74. The lowest BCUT2D eigenvalue weighted by Crippen LogP contribution is -2.40. The summed E-state index contributed by atoms with van der Waals surface area (Å²) in [5, 5.41) is 0. The van der Waals surface area contributed by atoms with Crippen molar-refractivity contribution in [2.75, 3.05) is 0 Å². The molecule has 0 spiro atoms. The van der Waals surface area contributed by atoms with E-state index in [1.807, 2.05) is 82.6 Å². The van der Waals surface area contributed by atoms with Crippen molar-refractivity contribution in [1.82, 2.24) is 9.80 Å². The van der Waals surface area contributed by atoms with Crippen molar-refractivity contribution in [2.45, 2.75) is 51.9 Å². The number of carbonyl (C=O) groups is 2. The predicted molar refractivity (Wildman–Crippen MR) is 160 cm³/mol. The molecule has 0 N–H and O–H groups in total. The minimum Gasteiger partial charge on any atom is -0.334 e. The Balaban J connectivity index is 1.25. The standard InChI is InChI=1S/C36H38N2O2/c39-35(37(25-29-13-5-1-6-14-29)26-30-15-7-2-8-16-30)33-21-23-34(24-22-33)36(40)38(27-31-17-9-3-10-18-31)28-32-19-11-4-12-20-32/h1-20,33-34H,21-28H2. The maximum Gasteiger partial charge on any atom is 0.226 e. The van der Waals surface area contributed by atoms with Gasteiger partial charge in [0.2, 0.25) is 11.8 Å². The van der Waals surface area contributed by atoms with Crippen molar-refractivity contribution >= 4 is 11.8 Å². The molecule has 0 heterocycles. The van der Waals surface area contributed by atoms with Gasteiger partial charge in [0.1, 0.15) is 0 Å². The molecule has 0 unspecified atom stereocenters. The zero-order valence-electron chi connectivity index (χ0n) is 23.1. The Bertz CT molecular complexity index is 1140. The molecule has 1 aliphatic carbocycles. The van der Waals surface area contributed by atoms with Gasteiger partial charge in [-0.25, -0.2) is 0 Å². The molecule has 1 aliphatic rings. The van der Waals surface area contributed by atoms with Gasteiger partial charge in [0.15, 0.2) is 0 Å². The van der Waals surface area contributed by atoms with Gasteiger partial charge in [-0.05, 0) is 47.9 Å². The molecular formula is C36H38N2O2. The van der Waals surface area contributed by atoms with Crippen LogP contribution < -0.4 is 0 Å². The van der Waals surface area contributed by atoms with Crippen molar-refractivity contribution in [2.24, 2.45) is 11.8 Å². The Morgan fingerprint density at radius 2 is 0.650 bits per heavy atom. The zero-order chi connectivity index (χ0) is 27.6. The Labute approximate surface area is 238 Å². The number of hydrogen-bond acceptors (Lipinski definition) is 2. The summed E-state index contributed by atoms with van der Waals surface area (Å²) >= 11 is 0. The SMILES string of the molecule is O=C(C1CCC(C(=O)N(Cc2ccccc2)Cc2ccccc2)CC1)N(Cc1ccccc1)Cc1ccccc1. The molecule has 0 saturated heterocycles. The molecule has 0 aliphatic heterocycles. The maximum absolute atomic E-state index is 13.8. The van der Waals surface area contributed by atoms with Crippen LogP contribution in [0.25, 0.3) is 0 Å². The van der Waals surface area contributed by atoms with Crippen molar-refractivity contribution in [3.63, 3.8) is 0 Å². The number of hydrogen-bond donors (Lipinski definition) is 0. The second-order valence-corrected chi connectivity index (χ2v) is 10.9. The smallest absolute Gasteiger partial charge is 0.226 e. The minimum atomic E-state index is -0.0480. The summed E-state index contributed by atoms with van der Waals surface area (Å²) in [4.78, 5) is 31.6. The van der Waals surface area contributed by atoms with E-state index in [2.05, 4.69) is 48.5 Å². The van der Waals surface area contributed by atoms with E-state index in [0.29, 0.717) is 26.2 Å². The van der Waals surface area contributed by atoms with Crippen molar-refractivity contribution in [1.29, 1.82) is 0 Å². The third-order valence-corrected chi connectivity index (χ3v) is 7.91. The first-order valence-corrected chi connectivity index (χ1v) is 14.4. The molecule has 4 aromatic rings. The van der Waals surface area contributed by atoms with Gasteiger partial charge in [-0.3, -0.25) is 9.59 Å². The minimum absolute atomic E-state index is 0.0480. The number of rotatable bonds is 10. The summed E-state index contributed by atoms with van der Waals surface area (Å²) in [7, 11) is 0. The van der Waals surface area contributed by atoms with Crippen LogP contribution in [0.5, 0.6) is 0 Å². The molecule has 1 fully saturated rings. The summed E-state index contributed by atoms with van der Waals surface area (Å²) in [6.07, 6.45) is 3.00. The van der Waals surface area contributed by atoms with Gasteiger partial charge >= 0.3 is 0 Å². The molecule has 4 nitrogen and oxygen atoms in total. The lowest BCUT2D eigenvalue weighted by molar-refractivity contribution is -0.142. The van der Waals surface area contributed by atoms with E-state index in [9.17, 15) is 9.59 Å². The first kappa shape index (κ1) is 27.4. The average molecular weight is 531 g/mol. The van der Waals surface area contributed by atoms with Gasteiger partial charge in [0.05, 0.1) is 0 Å². The van der Waals surface area contributed by atoms with E-state index < -0.39 is 0 Å². The lowest BCUT2D eigenvalue weighted by atomic mass is 9.80. The van der Waals surface area contributed by atoms with Crippen LogP contribution in [-0.2, 0) is 35.8 Å². The highest BCUT2D eigenvalue weighted by atomic mass is 16.2.